The first-order valence-electron chi connectivity index (χ1n) is 6.29. The van der Waals surface area contributed by atoms with Gasteiger partial charge >= 0.3 is 0 Å². The molecule has 3 aromatic rings. The molecule has 1 amide bonds. The third-order valence-corrected chi connectivity index (χ3v) is 3.60. The highest BCUT2D eigenvalue weighted by atomic mass is 79.9. The number of benzene rings is 2. The summed E-state index contributed by atoms with van der Waals surface area (Å²) in [6.07, 6.45) is 1.58. The summed E-state index contributed by atoms with van der Waals surface area (Å²) < 4.78 is 0.815. The van der Waals surface area contributed by atoms with Crippen LogP contribution in [-0.2, 0) is 0 Å². The van der Waals surface area contributed by atoms with E-state index in [1.54, 1.807) is 36.5 Å². The number of carbonyl (C=O) groups excluding carboxylic acids is 1. The number of amides is 1. The third kappa shape index (κ3) is 2.73. The molecule has 0 radical (unpaired) electrons. The van der Waals surface area contributed by atoms with Gasteiger partial charge in [-0.3, -0.25) is 4.79 Å². The Balaban J connectivity index is 1.96. The number of aromatic nitrogens is 1. The average molecular weight is 343 g/mol. The number of anilines is 1. The van der Waals surface area contributed by atoms with Crippen molar-refractivity contribution in [2.75, 3.05) is 5.32 Å². The number of aromatic hydroxyl groups is 1. The van der Waals surface area contributed by atoms with E-state index in [4.69, 9.17) is 0 Å². The Morgan fingerprint density at radius 2 is 1.95 bits per heavy atom. The molecule has 0 aliphatic rings. The highest BCUT2D eigenvalue weighted by Gasteiger charge is 2.14. The zero-order chi connectivity index (χ0) is 14.8. The van der Waals surface area contributed by atoms with Crippen molar-refractivity contribution in [3.8, 4) is 5.75 Å². The molecule has 2 N–H and O–H groups in total. The van der Waals surface area contributed by atoms with E-state index in [2.05, 4.69) is 26.2 Å². The molecule has 0 aliphatic heterocycles. The van der Waals surface area contributed by atoms with Crippen LogP contribution < -0.4 is 5.32 Å². The van der Waals surface area contributed by atoms with Gasteiger partial charge in [0.25, 0.3) is 5.91 Å². The number of fused-ring (bicyclic) bond motifs is 1. The van der Waals surface area contributed by atoms with Gasteiger partial charge in [0, 0.05) is 16.1 Å². The molecule has 0 saturated carbocycles. The van der Waals surface area contributed by atoms with Gasteiger partial charge in [-0.25, -0.2) is 4.98 Å². The van der Waals surface area contributed by atoms with Gasteiger partial charge in [-0.1, -0.05) is 46.3 Å². The van der Waals surface area contributed by atoms with Crippen molar-refractivity contribution in [2.24, 2.45) is 0 Å². The molecular formula is C16H11BrN2O2. The Kier molecular flexibility index (Phi) is 3.58. The minimum atomic E-state index is -0.399. The van der Waals surface area contributed by atoms with Crippen molar-refractivity contribution in [1.82, 2.24) is 4.98 Å². The van der Waals surface area contributed by atoms with Gasteiger partial charge in [-0.15, -0.1) is 0 Å². The van der Waals surface area contributed by atoms with Crippen LogP contribution in [0.2, 0.25) is 0 Å². The molecular weight excluding hydrogens is 332 g/mol. The molecule has 5 heteroatoms. The molecule has 0 unspecified atom stereocenters. The fraction of sp³-hybridized carbons (Fsp3) is 0. The van der Waals surface area contributed by atoms with Crippen LogP contribution in [0.3, 0.4) is 0 Å². The van der Waals surface area contributed by atoms with Crippen LogP contribution in [0.1, 0.15) is 10.4 Å². The first-order valence-corrected chi connectivity index (χ1v) is 7.08. The fourth-order valence-corrected chi connectivity index (χ4v) is 2.43. The summed E-state index contributed by atoms with van der Waals surface area (Å²) in [6, 6.07) is 14.2. The average Bonchev–Trinajstić information content (AvgIpc) is 2.48. The summed E-state index contributed by atoms with van der Waals surface area (Å²) in [5.74, 6) is -0.00798. The van der Waals surface area contributed by atoms with Gasteiger partial charge in [-0.2, -0.15) is 0 Å². The van der Waals surface area contributed by atoms with Crippen LogP contribution in [0, 0.1) is 0 Å². The van der Waals surface area contributed by atoms with Gasteiger partial charge in [0.1, 0.15) is 11.6 Å². The largest absolute Gasteiger partial charge is 0.506 e. The van der Waals surface area contributed by atoms with Crippen LogP contribution in [0.4, 0.5) is 5.82 Å². The first kappa shape index (κ1) is 13.6. The SMILES string of the molecule is O=C(Nc1cc(Br)ccn1)c1ccc2ccccc2c1O. The van der Waals surface area contributed by atoms with Gasteiger partial charge < -0.3 is 10.4 Å². The van der Waals surface area contributed by atoms with Crippen molar-refractivity contribution in [3.63, 3.8) is 0 Å². The molecule has 1 heterocycles. The molecule has 1 aromatic heterocycles. The maximum atomic E-state index is 12.3. The van der Waals surface area contributed by atoms with E-state index in [0.29, 0.717) is 11.2 Å². The Morgan fingerprint density at radius 1 is 1.14 bits per heavy atom. The molecule has 0 spiro atoms. The van der Waals surface area contributed by atoms with E-state index in [1.165, 1.54) is 0 Å². The third-order valence-electron chi connectivity index (χ3n) is 3.11. The summed E-state index contributed by atoms with van der Waals surface area (Å²) in [7, 11) is 0. The lowest BCUT2D eigenvalue weighted by Gasteiger charge is -2.08. The number of carbonyl (C=O) groups is 1. The molecule has 0 aliphatic carbocycles. The molecule has 2 aromatic carbocycles. The van der Waals surface area contributed by atoms with Crippen molar-refractivity contribution in [2.45, 2.75) is 0 Å². The second-order valence-corrected chi connectivity index (χ2v) is 5.41. The second-order valence-electron chi connectivity index (χ2n) is 4.50. The number of phenolic OH excluding ortho intramolecular Hbond substituents is 1. The predicted octanol–water partition coefficient (Wildman–Crippen LogP) is 3.96. The highest BCUT2D eigenvalue weighted by Crippen LogP contribution is 2.29. The minimum absolute atomic E-state index is 0.0272. The number of pyridine rings is 1. The van der Waals surface area contributed by atoms with Crippen molar-refractivity contribution in [1.29, 1.82) is 0 Å². The number of hydrogen-bond acceptors (Lipinski definition) is 3. The number of phenols is 1. The van der Waals surface area contributed by atoms with E-state index in [0.717, 1.165) is 9.86 Å². The van der Waals surface area contributed by atoms with E-state index >= 15 is 0 Å². The summed E-state index contributed by atoms with van der Waals surface area (Å²) in [4.78, 5) is 16.3. The monoisotopic (exact) mass is 342 g/mol. The molecule has 104 valence electrons. The van der Waals surface area contributed by atoms with Gasteiger partial charge in [0.15, 0.2) is 0 Å². The van der Waals surface area contributed by atoms with E-state index in [-0.39, 0.29) is 11.3 Å². The molecule has 0 bridgehead atoms. The minimum Gasteiger partial charge on any atom is -0.506 e. The molecule has 0 fully saturated rings. The number of nitrogens with zero attached hydrogens (tertiary/aromatic N) is 1. The number of halogens is 1. The van der Waals surface area contributed by atoms with Gasteiger partial charge in [-0.05, 0) is 23.6 Å². The second kappa shape index (κ2) is 5.54. The van der Waals surface area contributed by atoms with Gasteiger partial charge in [0.05, 0.1) is 5.56 Å². The Hall–Kier alpha value is -2.40. The quantitative estimate of drug-likeness (QED) is 0.741. The van der Waals surface area contributed by atoms with E-state index in [9.17, 15) is 9.90 Å². The molecule has 4 nitrogen and oxygen atoms in total. The van der Waals surface area contributed by atoms with Crippen LogP contribution in [0.25, 0.3) is 10.8 Å². The number of hydrogen-bond donors (Lipinski definition) is 2. The van der Waals surface area contributed by atoms with Crippen molar-refractivity contribution in [3.05, 3.63) is 64.8 Å². The Bertz CT molecular complexity index is 833. The lowest BCUT2D eigenvalue weighted by atomic mass is 10.0. The van der Waals surface area contributed by atoms with E-state index < -0.39 is 5.91 Å². The summed E-state index contributed by atoms with van der Waals surface area (Å²) in [5, 5.41) is 14.5. The smallest absolute Gasteiger partial charge is 0.260 e. The zero-order valence-corrected chi connectivity index (χ0v) is 12.5. The maximum Gasteiger partial charge on any atom is 0.260 e. The number of rotatable bonds is 2. The Labute approximate surface area is 129 Å². The summed E-state index contributed by atoms with van der Waals surface area (Å²) >= 11 is 3.31. The topological polar surface area (TPSA) is 62.2 Å². The first-order chi connectivity index (χ1) is 10.1. The molecule has 0 saturated heterocycles. The standard InChI is InChI=1S/C16H11BrN2O2/c17-11-7-8-18-14(9-11)19-16(21)13-6-5-10-3-1-2-4-12(10)15(13)20/h1-9,20H,(H,18,19,21). The fourth-order valence-electron chi connectivity index (χ4n) is 2.10. The zero-order valence-electron chi connectivity index (χ0n) is 10.9. The van der Waals surface area contributed by atoms with Crippen LogP contribution >= 0.6 is 15.9 Å². The molecule has 21 heavy (non-hydrogen) atoms. The summed E-state index contributed by atoms with van der Waals surface area (Å²) in [5.41, 5.74) is 0.218. The highest BCUT2D eigenvalue weighted by molar-refractivity contribution is 9.10. The molecule has 3 rings (SSSR count). The van der Waals surface area contributed by atoms with E-state index in [1.807, 2.05) is 18.2 Å². The summed E-state index contributed by atoms with van der Waals surface area (Å²) in [6.45, 7) is 0. The van der Waals surface area contributed by atoms with Crippen LogP contribution in [-0.4, -0.2) is 16.0 Å². The van der Waals surface area contributed by atoms with Crippen molar-refractivity contribution < 1.29 is 9.90 Å². The molecule has 0 atom stereocenters. The van der Waals surface area contributed by atoms with Gasteiger partial charge in [0.2, 0.25) is 0 Å². The van der Waals surface area contributed by atoms with Crippen LogP contribution in [0.5, 0.6) is 5.75 Å². The maximum absolute atomic E-state index is 12.3. The van der Waals surface area contributed by atoms with Crippen molar-refractivity contribution >= 4 is 38.4 Å². The normalized spacial score (nSPS) is 10.5. The lowest BCUT2D eigenvalue weighted by Crippen LogP contribution is -2.13. The Morgan fingerprint density at radius 3 is 2.76 bits per heavy atom. The lowest BCUT2D eigenvalue weighted by molar-refractivity contribution is 0.102. The predicted molar refractivity (Wildman–Crippen MR) is 85.5 cm³/mol. The van der Waals surface area contributed by atoms with Crippen LogP contribution in [0.15, 0.2) is 59.2 Å². The number of nitrogens with one attached hydrogen (secondary N) is 1.